The first-order chi connectivity index (χ1) is 12.6. The summed E-state index contributed by atoms with van der Waals surface area (Å²) in [4.78, 5) is 23.9. The molecule has 2 aliphatic rings. The first-order valence-corrected chi connectivity index (χ1v) is 8.81. The van der Waals surface area contributed by atoms with Gasteiger partial charge in [0.25, 0.3) is 11.8 Å². The molecule has 6 heteroatoms. The second-order valence-electron chi connectivity index (χ2n) is 6.92. The lowest BCUT2D eigenvalue weighted by Crippen LogP contribution is -2.47. The van der Waals surface area contributed by atoms with Crippen molar-refractivity contribution in [3.8, 4) is 11.5 Å². The smallest absolute Gasteiger partial charge is 0.252 e. The van der Waals surface area contributed by atoms with Gasteiger partial charge in [-0.1, -0.05) is 12.1 Å². The van der Waals surface area contributed by atoms with Gasteiger partial charge in [-0.2, -0.15) is 0 Å². The number of carbonyl (C=O) groups excluding carboxylic acids is 2. The van der Waals surface area contributed by atoms with E-state index in [4.69, 9.17) is 10.5 Å². The molecule has 2 aromatic rings. The fraction of sp³-hybridized carbons (Fsp3) is 0.300. The van der Waals surface area contributed by atoms with Gasteiger partial charge in [-0.25, -0.2) is 0 Å². The van der Waals surface area contributed by atoms with Crippen molar-refractivity contribution in [1.82, 2.24) is 10.6 Å². The summed E-state index contributed by atoms with van der Waals surface area (Å²) in [6.45, 7) is 1.07. The largest absolute Gasteiger partial charge is 0.457 e. The third-order valence-corrected chi connectivity index (χ3v) is 5.14. The number of hydrogen-bond acceptors (Lipinski definition) is 4. The molecule has 2 bridgehead atoms. The van der Waals surface area contributed by atoms with Crippen LogP contribution in [0.4, 0.5) is 0 Å². The van der Waals surface area contributed by atoms with Crippen LogP contribution in [-0.4, -0.2) is 30.4 Å². The lowest BCUT2D eigenvalue weighted by atomic mass is 10.1. The summed E-state index contributed by atoms with van der Waals surface area (Å²) in [7, 11) is 0. The van der Waals surface area contributed by atoms with Gasteiger partial charge in [-0.05, 0) is 61.7 Å². The number of benzene rings is 2. The molecule has 1 heterocycles. The molecule has 2 aromatic carbocycles. The summed E-state index contributed by atoms with van der Waals surface area (Å²) >= 11 is 0. The zero-order valence-corrected chi connectivity index (χ0v) is 14.3. The lowest BCUT2D eigenvalue weighted by molar-refractivity contribution is 0.0927. The van der Waals surface area contributed by atoms with E-state index in [9.17, 15) is 9.59 Å². The van der Waals surface area contributed by atoms with E-state index in [1.54, 1.807) is 48.5 Å². The van der Waals surface area contributed by atoms with Crippen molar-refractivity contribution in [2.24, 2.45) is 11.7 Å². The highest BCUT2D eigenvalue weighted by Gasteiger charge is 2.39. The van der Waals surface area contributed by atoms with Crippen molar-refractivity contribution in [3.05, 3.63) is 59.7 Å². The maximum absolute atomic E-state index is 12.4. The summed E-state index contributed by atoms with van der Waals surface area (Å²) in [5, 5.41) is 6.56. The maximum atomic E-state index is 12.4. The minimum Gasteiger partial charge on any atom is -0.457 e. The van der Waals surface area contributed by atoms with E-state index < -0.39 is 5.91 Å². The number of ether oxygens (including phenoxy) is 1. The standard InChI is InChI=1S/C20H21N3O3/c21-19(24)15-3-1-2-4-18(15)26-14-7-5-13(6-8-14)20(25)23-17-10-12-9-16(17)22-11-12/h1-8,12,16-17,22H,9-11H2,(H2,21,24)(H,23,25). The minimum absolute atomic E-state index is 0.0755. The number of para-hydroxylation sites is 1. The number of nitrogens with one attached hydrogen (secondary N) is 2. The molecule has 0 aromatic heterocycles. The molecule has 1 saturated carbocycles. The van der Waals surface area contributed by atoms with Gasteiger partial charge in [-0.3, -0.25) is 9.59 Å². The van der Waals surface area contributed by atoms with Crippen molar-refractivity contribution in [1.29, 1.82) is 0 Å². The van der Waals surface area contributed by atoms with Crippen LogP contribution in [0, 0.1) is 5.92 Å². The minimum atomic E-state index is -0.545. The molecular formula is C20H21N3O3. The van der Waals surface area contributed by atoms with Gasteiger partial charge in [0, 0.05) is 17.6 Å². The van der Waals surface area contributed by atoms with E-state index >= 15 is 0 Å². The highest BCUT2D eigenvalue weighted by molar-refractivity contribution is 5.96. The molecular weight excluding hydrogens is 330 g/mol. The quantitative estimate of drug-likeness (QED) is 0.769. The van der Waals surface area contributed by atoms with Gasteiger partial charge in [0.1, 0.15) is 11.5 Å². The molecule has 6 nitrogen and oxygen atoms in total. The fourth-order valence-corrected chi connectivity index (χ4v) is 3.83. The van der Waals surface area contributed by atoms with Crippen molar-refractivity contribution >= 4 is 11.8 Å². The lowest BCUT2D eigenvalue weighted by Gasteiger charge is -2.24. The third-order valence-electron chi connectivity index (χ3n) is 5.14. The van der Waals surface area contributed by atoms with Crippen LogP contribution >= 0.6 is 0 Å². The Morgan fingerprint density at radius 1 is 1.08 bits per heavy atom. The van der Waals surface area contributed by atoms with Gasteiger partial charge < -0.3 is 21.1 Å². The van der Waals surface area contributed by atoms with E-state index in [1.165, 1.54) is 0 Å². The van der Waals surface area contributed by atoms with E-state index in [-0.39, 0.29) is 11.9 Å². The van der Waals surface area contributed by atoms with Crippen LogP contribution < -0.4 is 21.1 Å². The Balaban J connectivity index is 1.42. The molecule has 4 rings (SSSR count). The van der Waals surface area contributed by atoms with Crippen LogP contribution in [0.5, 0.6) is 11.5 Å². The zero-order chi connectivity index (χ0) is 18.1. The molecule has 0 radical (unpaired) electrons. The Morgan fingerprint density at radius 2 is 1.85 bits per heavy atom. The van der Waals surface area contributed by atoms with Gasteiger partial charge in [0.2, 0.25) is 0 Å². The molecule has 1 aliphatic heterocycles. The number of rotatable bonds is 5. The normalized spacial score (nSPS) is 23.6. The second-order valence-corrected chi connectivity index (χ2v) is 6.92. The Bertz CT molecular complexity index is 834. The molecule has 3 unspecified atom stereocenters. The Kier molecular flexibility index (Phi) is 4.34. The van der Waals surface area contributed by atoms with Crippen LogP contribution in [0.3, 0.4) is 0 Å². The van der Waals surface area contributed by atoms with Crippen molar-refractivity contribution < 1.29 is 14.3 Å². The van der Waals surface area contributed by atoms with E-state index in [0.717, 1.165) is 19.4 Å². The van der Waals surface area contributed by atoms with Crippen LogP contribution in [0.25, 0.3) is 0 Å². The van der Waals surface area contributed by atoms with E-state index in [2.05, 4.69) is 10.6 Å². The Labute approximate surface area is 151 Å². The summed E-state index contributed by atoms with van der Waals surface area (Å²) in [5.41, 5.74) is 6.26. The van der Waals surface area contributed by atoms with Gasteiger partial charge in [0.15, 0.2) is 0 Å². The fourth-order valence-electron chi connectivity index (χ4n) is 3.83. The predicted octanol–water partition coefficient (Wildman–Crippen LogP) is 2.06. The molecule has 2 fully saturated rings. The van der Waals surface area contributed by atoms with Crippen LogP contribution in [0.1, 0.15) is 33.6 Å². The zero-order valence-electron chi connectivity index (χ0n) is 14.3. The molecule has 134 valence electrons. The van der Waals surface area contributed by atoms with Gasteiger partial charge in [-0.15, -0.1) is 0 Å². The average molecular weight is 351 g/mol. The van der Waals surface area contributed by atoms with Crippen LogP contribution in [-0.2, 0) is 0 Å². The first kappa shape index (κ1) is 16.6. The molecule has 3 atom stereocenters. The topological polar surface area (TPSA) is 93.5 Å². The molecule has 1 aliphatic carbocycles. The average Bonchev–Trinajstić information content (AvgIpc) is 3.25. The first-order valence-electron chi connectivity index (χ1n) is 8.81. The molecule has 2 amide bonds. The number of hydrogen-bond donors (Lipinski definition) is 3. The number of amides is 2. The van der Waals surface area contributed by atoms with Gasteiger partial charge in [0.05, 0.1) is 5.56 Å². The molecule has 4 N–H and O–H groups in total. The number of nitrogens with two attached hydrogens (primary N) is 1. The number of carbonyl (C=O) groups is 2. The van der Waals surface area contributed by atoms with Crippen molar-refractivity contribution in [3.63, 3.8) is 0 Å². The highest BCUT2D eigenvalue weighted by Crippen LogP contribution is 2.31. The van der Waals surface area contributed by atoms with Gasteiger partial charge >= 0.3 is 0 Å². The third kappa shape index (κ3) is 3.28. The SMILES string of the molecule is NC(=O)c1ccccc1Oc1ccc(C(=O)NC2CC3CNC2C3)cc1. The number of fused-ring (bicyclic) bond motifs is 2. The van der Waals surface area contributed by atoms with Crippen LogP contribution in [0.2, 0.25) is 0 Å². The van der Waals surface area contributed by atoms with E-state index in [1.807, 2.05) is 0 Å². The van der Waals surface area contributed by atoms with Crippen molar-refractivity contribution in [2.45, 2.75) is 24.9 Å². The Morgan fingerprint density at radius 3 is 2.50 bits per heavy atom. The Hall–Kier alpha value is -2.86. The molecule has 0 spiro atoms. The number of primary amides is 1. The monoisotopic (exact) mass is 351 g/mol. The highest BCUT2D eigenvalue weighted by atomic mass is 16.5. The summed E-state index contributed by atoms with van der Waals surface area (Å²) in [5.74, 6) is 0.998. The van der Waals surface area contributed by atoms with E-state index in [0.29, 0.717) is 34.6 Å². The number of piperidine rings is 1. The molecule has 1 saturated heterocycles. The summed E-state index contributed by atoms with van der Waals surface area (Å²) < 4.78 is 5.74. The van der Waals surface area contributed by atoms with Crippen molar-refractivity contribution in [2.75, 3.05) is 6.54 Å². The van der Waals surface area contributed by atoms with Crippen LogP contribution in [0.15, 0.2) is 48.5 Å². The summed E-state index contributed by atoms with van der Waals surface area (Å²) in [6, 6.07) is 14.3. The molecule has 26 heavy (non-hydrogen) atoms. The maximum Gasteiger partial charge on any atom is 0.252 e. The predicted molar refractivity (Wildman–Crippen MR) is 97.2 cm³/mol. The summed E-state index contributed by atoms with van der Waals surface area (Å²) in [6.07, 6.45) is 2.20. The second kappa shape index (κ2) is 6.80.